The first-order chi connectivity index (χ1) is 7.70. The van der Waals surface area contributed by atoms with Crippen molar-refractivity contribution in [3.63, 3.8) is 0 Å². The molecule has 0 saturated heterocycles. The molecular weight excluding hydrogens is 240 g/mol. The summed E-state index contributed by atoms with van der Waals surface area (Å²) in [6, 6.07) is 7.73. The zero-order valence-corrected chi connectivity index (χ0v) is 10.7. The van der Waals surface area contributed by atoms with E-state index < -0.39 is 0 Å². The van der Waals surface area contributed by atoms with Crippen molar-refractivity contribution < 1.29 is 0 Å². The predicted octanol–water partition coefficient (Wildman–Crippen LogP) is 3.49. The lowest BCUT2D eigenvalue weighted by Crippen LogP contribution is -2.19. The van der Waals surface area contributed by atoms with E-state index in [2.05, 4.69) is 12.0 Å². The summed E-state index contributed by atoms with van der Waals surface area (Å²) >= 11 is 11.1. The molecule has 4 heteroatoms. The zero-order chi connectivity index (χ0) is 11.5. The quantitative estimate of drug-likeness (QED) is 0.766. The Balaban J connectivity index is 2.20. The lowest BCUT2D eigenvalue weighted by Gasteiger charge is -2.11. The van der Waals surface area contributed by atoms with Gasteiger partial charge in [0.05, 0.1) is 5.71 Å². The maximum Gasteiger partial charge on any atom is 0.105 e. The molecule has 1 aliphatic rings. The molecule has 0 N–H and O–H groups in total. The standard InChI is InChI=1S/C12H13ClN2S/c1-2-7-15-12(16)8-11(14-15)9-3-5-10(13)6-4-9/h3-6H,2,7-8H2,1H3. The smallest absolute Gasteiger partial charge is 0.105 e. The third-order valence-electron chi connectivity index (χ3n) is 2.46. The van der Waals surface area contributed by atoms with Crippen molar-refractivity contribution in [2.24, 2.45) is 5.10 Å². The number of rotatable bonds is 3. The van der Waals surface area contributed by atoms with Crippen LogP contribution in [0.2, 0.25) is 5.02 Å². The second-order valence-electron chi connectivity index (χ2n) is 3.75. The number of hydrogen-bond acceptors (Lipinski definition) is 2. The van der Waals surface area contributed by atoms with Gasteiger partial charge in [0.25, 0.3) is 0 Å². The molecule has 1 heterocycles. The molecule has 0 fully saturated rings. The molecule has 0 saturated carbocycles. The molecule has 0 spiro atoms. The van der Waals surface area contributed by atoms with Gasteiger partial charge in [-0.1, -0.05) is 42.9 Å². The fourth-order valence-corrected chi connectivity index (χ4v) is 2.05. The molecule has 0 unspecified atom stereocenters. The Morgan fingerprint density at radius 2 is 2.06 bits per heavy atom. The average molecular weight is 253 g/mol. The minimum absolute atomic E-state index is 0.746. The summed E-state index contributed by atoms with van der Waals surface area (Å²) < 4.78 is 0. The summed E-state index contributed by atoms with van der Waals surface area (Å²) in [6.45, 7) is 3.02. The number of benzene rings is 1. The first-order valence-corrected chi connectivity index (χ1v) is 6.13. The van der Waals surface area contributed by atoms with E-state index in [9.17, 15) is 0 Å². The van der Waals surface area contributed by atoms with Crippen molar-refractivity contribution in [2.75, 3.05) is 6.54 Å². The van der Waals surface area contributed by atoms with Crippen molar-refractivity contribution in [2.45, 2.75) is 19.8 Å². The van der Waals surface area contributed by atoms with Gasteiger partial charge in [0, 0.05) is 18.0 Å². The van der Waals surface area contributed by atoms with E-state index in [1.807, 2.05) is 29.3 Å². The summed E-state index contributed by atoms with van der Waals surface area (Å²) in [5, 5.41) is 7.19. The third kappa shape index (κ3) is 2.42. The summed E-state index contributed by atoms with van der Waals surface area (Å²) in [7, 11) is 0. The highest BCUT2D eigenvalue weighted by Crippen LogP contribution is 2.18. The first-order valence-electron chi connectivity index (χ1n) is 5.34. The van der Waals surface area contributed by atoms with Gasteiger partial charge in [-0.2, -0.15) is 5.10 Å². The van der Waals surface area contributed by atoms with E-state index in [-0.39, 0.29) is 0 Å². The second-order valence-corrected chi connectivity index (χ2v) is 4.65. The molecule has 2 rings (SSSR count). The molecule has 1 aromatic rings. The monoisotopic (exact) mass is 252 g/mol. The second kappa shape index (κ2) is 4.93. The van der Waals surface area contributed by atoms with Crippen LogP contribution in [0.3, 0.4) is 0 Å². The Hall–Kier alpha value is -0.930. The summed E-state index contributed by atoms with van der Waals surface area (Å²) in [6.07, 6.45) is 1.81. The Morgan fingerprint density at radius 1 is 1.38 bits per heavy atom. The van der Waals surface area contributed by atoms with Crippen LogP contribution in [0, 0.1) is 0 Å². The molecule has 0 aliphatic carbocycles. The van der Waals surface area contributed by atoms with Crippen molar-refractivity contribution in [1.29, 1.82) is 0 Å². The van der Waals surface area contributed by atoms with Crippen LogP contribution in [-0.2, 0) is 0 Å². The number of halogens is 1. The van der Waals surface area contributed by atoms with Crippen LogP contribution in [0.15, 0.2) is 29.4 Å². The van der Waals surface area contributed by atoms with Gasteiger partial charge in [0.1, 0.15) is 4.99 Å². The van der Waals surface area contributed by atoms with Crippen molar-refractivity contribution in [3.05, 3.63) is 34.9 Å². The summed E-state index contributed by atoms with van der Waals surface area (Å²) in [4.78, 5) is 0.909. The van der Waals surface area contributed by atoms with Crippen molar-refractivity contribution >= 4 is 34.5 Å². The van der Waals surface area contributed by atoms with E-state index in [4.69, 9.17) is 23.8 Å². The van der Waals surface area contributed by atoms with Gasteiger partial charge >= 0.3 is 0 Å². The number of nitrogens with zero attached hydrogens (tertiary/aromatic N) is 2. The Kier molecular flexibility index (Phi) is 3.56. The van der Waals surface area contributed by atoms with Crippen LogP contribution in [0.5, 0.6) is 0 Å². The Morgan fingerprint density at radius 3 is 2.69 bits per heavy atom. The fraction of sp³-hybridized carbons (Fsp3) is 0.333. The van der Waals surface area contributed by atoms with Gasteiger partial charge in [-0.25, -0.2) is 0 Å². The molecule has 2 nitrogen and oxygen atoms in total. The molecule has 0 bridgehead atoms. The molecule has 0 amide bonds. The zero-order valence-electron chi connectivity index (χ0n) is 9.11. The van der Waals surface area contributed by atoms with E-state index in [0.29, 0.717) is 0 Å². The normalized spacial score (nSPS) is 15.5. The van der Waals surface area contributed by atoms with E-state index in [1.165, 1.54) is 0 Å². The lowest BCUT2D eigenvalue weighted by atomic mass is 10.1. The van der Waals surface area contributed by atoms with Crippen molar-refractivity contribution in [3.8, 4) is 0 Å². The summed E-state index contributed by atoms with van der Waals surface area (Å²) in [5.74, 6) is 0. The summed E-state index contributed by atoms with van der Waals surface area (Å²) in [5.41, 5.74) is 2.14. The van der Waals surface area contributed by atoms with Crippen molar-refractivity contribution in [1.82, 2.24) is 5.01 Å². The molecule has 0 radical (unpaired) electrons. The first kappa shape index (κ1) is 11.6. The lowest BCUT2D eigenvalue weighted by molar-refractivity contribution is 0.459. The number of hydrazone groups is 1. The highest BCUT2D eigenvalue weighted by molar-refractivity contribution is 7.80. The van der Waals surface area contributed by atoms with Gasteiger partial charge in [0.15, 0.2) is 0 Å². The minimum atomic E-state index is 0.746. The molecule has 0 aromatic heterocycles. The molecule has 1 aromatic carbocycles. The molecule has 1 aliphatic heterocycles. The van der Waals surface area contributed by atoms with Gasteiger partial charge < -0.3 is 0 Å². The van der Waals surface area contributed by atoms with Crippen LogP contribution in [0.25, 0.3) is 0 Å². The maximum absolute atomic E-state index is 5.85. The van der Waals surface area contributed by atoms with Gasteiger partial charge in [0.2, 0.25) is 0 Å². The van der Waals surface area contributed by atoms with Gasteiger partial charge in [-0.05, 0) is 24.1 Å². The average Bonchev–Trinajstić information content (AvgIpc) is 2.62. The molecular formula is C12H13ClN2S. The van der Waals surface area contributed by atoms with Gasteiger partial charge in [-0.3, -0.25) is 5.01 Å². The Labute approximate surface area is 106 Å². The molecule has 0 atom stereocenters. The van der Waals surface area contributed by atoms with Crippen LogP contribution in [0.4, 0.5) is 0 Å². The predicted molar refractivity (Wildman–Crippen MR) is 72.2 cm³/mol. The third-order valence-corrected chi connectivity index (χ3v) is 3.07. The SMILES string of the molecule is CCCN1N=C(c2ccc(Cl)cc2)CC1=S. The van der Waals surface area contributed by atoms with E-state index in [0.717, 1.165) is 40.7 Å². The maximum atomic E-state index is 5.85. The van der Waals surface area contributed by atoms with Crippen LogP contribution < -0.4 is 0 Å². The number of thiocarbonyl (C=S) groups is 1. The highest BCUT2D eigenvalue weighted by atomic mass is 35.5. The topological polar surface area (TPSA) is 15.6 Å². The minimum Gasteiger partial charge on any atom is -0.258 e. The molecule has 16 heavy (non-hydrogen) atoms. The van der Waals surface area contributed by atoms with Crippen LogP contribution in [0.1, 0.15) is 25.3 Å². The largest absolute Gasteiger partial charge is 0.258 e. The fourth-order valence-electron chi connectivity index (χ4n) is 1.66. The van der Waals surface area contributed by atoms with E-state index in [1.54, 1.807) is 0 Å². The number of hydrogen-bond donors (Lipinski definition) is 0. The Bertz CT molecular complexity index is 425. The van der Waals surface area contributed by atoms with Crippen LogP contribution >= 0.6 is 23.8 Å². The van der Waals surface area contributed by atoms with Gasteiger partial charge in [-0.15, -0.1) is 0 Å². The molecule has 84 valence electrons. The van der Waals surface area contributed by atoms with E-state index >= 15 is 0 Å². The highest BCUT2D eigenvalue weighted by Gasteiger charge is 2.20. The van der Waals surface area contributed by atoms with Crippen LogP contribution in [-0.4, -0.2) is 22.3 Å².